The molecular formula is C36H40ClN3O4. The van der Waals surface area contributed by atoms with Crippen LogP contribution in [0.1, 0.15) is 67.8 Å². The molecule has 44 heavy (non-hydrogen) atoms. The van der Waals surface area contributed by atoms with E-state index in [9.17, 15) is 9.59 Å². The van der Waals surface area contributed by atoms with Gasteiger partial charge in [0.05, 0.1) is 11.6 Å². The molecule has 2 atom stereocenters. The lowest BCUT2D eigenvalue weighted by Gasteiger charge is -2.32. The van der Waals surface area contributed by atoms with Crippen LogP contribution < -0.4 is 0 Å². The zero-order valence-electron chi connectivity index (χ0n) is 26.3. The molecule has 4 aromatic rings. The van der Waals surface area contributed by atoms with Gasteiger partial charge in [-0.3, -0.25) is 4.79 Å². The van der Waals surface area contributed by atoms with Gasteiger partial charge < -0.3 is 14.0 Å². The van der Waals surface area contributed by atoms with E-state index in [4.69, 9.17) is 26.1 Å². The van der Waals surface area contributed by atoms with E-state index in [1.165, 1.54) is 17.7 Å². The first kappa shape index (κ1) is 30.4. The molecule has 2 aliphatic rings. The van der Waals surface area contributed by atoms with Crippen molar-refractivity contribution < 1.29 is 19.1 Å². The Morgan fingerprint density at radius 1 is 1.07 bits per heavy atom. The van der Waals surface area contributed by atoms with Crippen LogP contribution >= 0.6 is 11.6 Å². The minimum absolute atomic E-state index is 0.129. The summed E-state index contributed by atoms with van der Waals surface area (Å²) in [6.07, 6.45) is 1.19. The van der Waals surface area contributed by atoms with E-state index < -0.39 is 29.7 Å². The Kier molecular flexibility index (Phi) is 8.05. The number of benzene rings is 2. The first-order valence-corrected chi connectivity index (χ1v) is 15.8. The number of amides is 2. The standard InChI is InChI=1S/C36H40ClN3O4/c1-21-23(3)39(19-25-12-13-25)33-29(21)31(26-14-16-27(37)17-15-26)30(22(2)38-33)32(44-36(4,5)6)34(41)40-28(20-43-35(40)42)18-24-10-8-7-9-11-24/h7-11,14-17,25,28,32H,12-13,18-20H2,1-6H3/t28-,32+/m1/s1. The summed E-state index contributed by atoms with van der Waals surface area (Å²) in [6.45, 7) is 13.0. The highest BCUT2D eigenvalue weighted by Gasteiger charge is 2.44. The Balaban J connectivity index is 1.55. The lowest BCUT2D eigenvalue weighted by molar-refractivity contribution is -0.152. The van der Waals surface area contributed by atoms with Gasteiger partial charge in [-0.05, 0) is 95.5 Å². The van der Waals surface area contributed by atoms with Crippen molar-refractivity contribution >= 4 is 34.6 Å². The van der Waals surface area contributed by atoms with Gasteiger partial charge in [-0.2, -0.15) is 0 Å². The van der Waals surface area contributed by atoms with Crippen molar-refractivity contribution in [1.29, 1.82) is 0 Å². The first-order chi connectivity index (χ1) is 20.9. The summed E-state index contributed by atoms with van der Waals surface area (Å²) in [5, 5.41) is 1.62. The molecule has 0 unspecified atom stereocenters. The molecule has 1 aliphatic carbocycles. The van der Waals surface area contributed by atoms with Crippen LogP contribution in [0.2, 0.25) is 5.02 Å². The molecule has 2 fully saturated rings. The molecule has 2 aromatic heterocycles. The Morgan fingerprint density at radius 3 is 2.39 bits per heavy atom. The Labute approximate surface area is 264 Å². The van der Waals surface area contributed by atoms with Gasteiger partial charge in [0.25, 0.3) is 5.91 Å². The molecule has 2 aromatic carbocycles. The summed E-state index contributed by atoms with van der Waals surface area (Å²) >= 11 is 6.34. The summed E-state index contributed by atoms with van der Waals surface area (Å²) in [6, 6.07) is 17.1. The first-order valence-electron chi connectivity index (χ1n) is 15.4. The lowest BCUT2D eigenvalue weighted by Crippen LogP contribution is -2.45. The highest BCUT2D eigenvalue weighted by Crippen LogP contribution is 2.44. The number of carbonyl (C=O) groups is 2. The quantitative estimate of drug-likeness (QED) is 0.201. The number of ether oxygens (including phenoxy) is 2. The zero-order valence-corrected chi connectivity index (χ0v) is 27.1. The maximum Gasteiger partial charge on any atom is 0.417 e. The van der Waals surface area contributed by atoms with Gasteiger partial charge in [0.15, 0.2) is 6.10 Å². The Bertz CT molecular complexity index is 1720. The van der Waals surface area contributed by atoms with Crippen LogP contribution in [-0.2, 0) is 27.2 Å². The minimum atomic E-state index is -1.10. The van der Waals surface area contributed by atoms with Crippen molar-refractivity contribution in [3.63, 3.8) is 0 Å². The Morgan fingerprint density at radius 2 is 1.75 bits per heavy atom. The molecule has 0 radical (unpaired) electrons. The highest BCUT2D eigenvalue weighted by atomic mass is 35.5. The topological polar surface area (TPSA) is 73.7 Å². The smallest absolute Gasteiger partial charge is 0.417 e. The fourth-order valence-corrected chi connectivity index (χ4v) is 6.42. The third kappa shape index (κ3) is 5.87. The van der Waals surface area contributed by atoms with E-state index in [1.54, 1.807) is 0 Å². The fraction of sp³-hybridized carbons (Fsp3) is 0.417. The number of cyclic esters (lactones) is 1. The fourth-order valence-electron chi connectivity index (χ4n) is 6.29. The van der Waals surface area contributed by atoms with Crippen molar-refractivity contribution in [2.75, 3.05) is 6.61 Å². The third-order valence-electron chi connectivity index (χ3n) is 8.73. The van der Waals surface area contributed by atoms with Crippen molar-refractivity contribution in [2.45, 2.75) is 85.1 Å². The number of halogens is 1. The van der Waals surface area contributed by atoms with E-state index >= 15 is 0 Å². The summed E-state index contributed by atoms with van der Waals surface area (Å²) < 4.78 is 14.4. The second-order valence-corrected chi connectivity index (χ2v) is 13.6. The van der Waals surface area contributed by atoms with E-state index in [0.717, 1.165) is 45.5 Å². The average Bonchev–Trinajstić information content (AvgIpc) is 3.69. The molecule has 1 aliphatic heterocycles. The molecule has 3 heterocycles. The van der Waals surface area contributed by atoms with Crippen LogP contribution in [0.3, 0.4) is 0 Å². The molecule has 1 saturated heterocycles. The molecule has 0 bridgehead atoms. The lowest BCUT2D eigenvalue weighted by atomic mass is 9.90. The summed E-state index contributed by atoms with van der Waals surface area (Å²) in [5.41, 5.74) is 6.63. The van der Waals surface area contributed by atoms with E-state index in [1.807, 2.05) is 82.3 Å². The monoisotopic (exact) mass is 613 g/mol. The predicted molar refractivity (Wildman–Crippen MR) is 173 cm³/mol. The Hall–Kier alpha value is -3.68. The molecule has 2 amide bonds. The van der Waals surface area contributed by atoms with Gasteiger partial charge in [0.2, 0.25) is 0 Å². The van der Waals surface area contributed by atoms with Gasteiger partial charge in [0.1, 0.15) is 12.3 Å². The van der Waals surface area contributed by atoms with Crippen molar-refractivity contribution in [2.24, 2.45) is 5.92 Å². The molecule has 1 saturated carbocycles. The maximum absolute atomic E-state index is 14.7. The van der Waals surface area contributed by atoms with Gasteiger partial charge in [-0.25, -0.2) is 14.7 Å². The number of imide groups is 1. The second-order valence-electron chi connectivity index (χ2n) is 13.2. The molecule has 0 spiro atoms. The van der Waals surface area contributed by atoms with Crippen molar-refractivity contribution in [3.8, 4) is 11.1 Å². The minimum Gasteiger partial charge on any atom is -0.447 e. The number of rotatable bonds is 8. The predicted octanol–water partition coefficient (Wildman–Crippen LogP) is 8.14. The van der Waals surface area contributed by atoms with Gasteiger partial charge in [0, 0.05) is 39.5 Å². The van der Waals surface area contributed by atoms with Crippen LogP contribution in [0.15, 0.2) is 54.6 Å². The summed E-state index contributed by atoms with van der Waals surface area (Å²) in [7, 11) is 0. The molecule has 7 nitrogen and oxygen atoms in total. The number of nitrogens with zero attached hydrogens (tertiary/aromatic N) is 3. The van der Waals surface area contributed by atoms with Gasteiger partial charge in [-0.1, -0.05) is 54.1 Å². The number of fused-ring (bicyclic) bond motifs is 1. The van der Waals surface area contributed by atoms with E-state index in [2.05, 4.69) is 18.4 Å². The number of carbonyl (C=O) groups excluding carboxylic acids is 2. The highest BCUT2D eigenvalue weighted by molar-refractivity contribution is 6.30. The third-order valence-corrected chi connectivity index (χ3v) is 8.98. The number of aromatic nitrogens is 2. The van der Waals surface area contributed by atoms with Crippen LogP contribution in [0, 0.1) is 26.7 Å². The van der Waals surface area contributed by atoms with Crippen molar-refractivity contribution in [1.82, 2.24) is 14.5 Å². The molecule has 0 N–H and O–H groups in total. The number of hydrogen-bond acceptors (Lipinski definition) is 5. The molecular weight excluding hydrogens is 574 g/mol. The van der Waals surface area contributed by atoms with Gasteiger partial charge in [-0.15, -0.1) is 0 Å². The molecule has 8 heteroatoms. The SMILES string of the molecule is Cc1nc2c(c(C)c(C)n2CC2CC2)c(-c2ccc(Cl)cc2)c1[C@H](OC(C)(C)C)C(=O)N1C(=O)OC[C@H]1Cc1ccccc1. The van der Waals surface area contributed by atoms with Crippen molar-refractivity contribution in [3.05, 3.63) is 87.7 Å². The van der Waals surface area contributed by atoms with E-state index in [-0.39, 0.29) is 6.61 Å². The number of pyridine rings is 1. The molecule has 6 rings (SSSR count). The van der Waals surface area contributed by atoms with Crippen LogP contribution in [0.5, 0.6) is 0 Å². The van der Waals surface area contributed by atoms with Crippen LogP contribution in [-0.4, -0.2) is 44.7 Å². The second kappa shape index (κ2) is 11.7. The summed E-state index contributed by atoms with van der Waals surface area (Å²) in [4.78, 5) is 34.4. The maximum atomic E-state index is 14.7. The number of aryl methyl sites for hydroxylation is 2. The average molecular weight is 614 g/mol. The van der Waals surface area contributed by atoms with E-state index in [0.29, 0.717) is 28.6 Å². The number of hydrogen-bond donors (Lipinski definition) is 0. The van der Waals surface area contributed by atoms with Crippen LogP contribution in [0.25, 0.3) is 22.2 Å². The normalized spacial score (nSPS) is 17.8. The molecule has 230 valence electrons. The summed E-state index contributed by atoms with van der Waals surface area (Å²) in [5.74, 6) is 0.209. The van der Waals surface area contributed by atoms with Gasteiger partial charge >= 0.3 is 6.09 Å². The van der Waals surface area contributed by atoms with Crippen LogP contribution in [0.4, 0.5) is 4.79 Å². The largest absolute Gasteiger partial charge is 0.447 e. The zero-order chi connectivity index (χ0) is 31.3.